The average molecular weight is 419 g/mol. The normalized spacial score (nSPS) is 10.5. The van der Waals surface area contributed by atoms with Crippen molar-refractivity contribution in [2.24, 2.45) is 5.10 Å². The van der Waals surface area contributed by atoms with Gasteiger partial charge in [-0.2, -0.15) is 5.10 Å². The lowest BCUT2D eigenvalue weighted by atomic mass is 10.2. The predicted molar refractivity (Wildman–Crippen MR) is 115 cm³/mol. The third kappa shape index (κ3) is 5.66. The van der Waals surface area contributed by atoms with Gasteiger partial charge in [0.15, 0.2) is 11.5 Å². The van der Waals surface area contributed by atoms with E-state index in [9.17, 15) is 9.59 Å². The van der Waals surface area contributed by atoms with Crippen molar-refractivity contribution in [1.29, 1.82) is 0 Å². The molecule has 0 saturated heterocycles. The Balaban J connectivity index is 1.66. The van der Waals surface area contributed by atoms with E-state index in [1.807, 2.05) is 6.92 Å². The van der Waals surface area contributed by atoms with Crippen molar-refractivity contribution < 1.29 is 23.8 Å². The summed E-state index contributed by atoms with van der Waals surface area (Å²) in [4.78, 5) is 28.5. The van der Waals surface area contributed by atoms with Crippen molar-refractivity contribution in [2.45, 2.75) is 6.92 Å². The van der Waals surface area contributed by atoms with Gasteiger partial charge in [-0.1, -0.05) is 0 Å². The molecular formula is C23H21N3O5. The topological polar surface area (TPSA) is 99.1 Å². The van der Waals surface area contributed by atoms with Gasteiger partial charge in [0.1, 0.15) is 5.75 Å². The lowest BCUT2D eigenvalue weighted by Crippen LogP contribution is -2.17. The number of aryl methyl sites for hydroxylation is 1. The first-order valence-corrected chi connectivity index (χ1v) is 9.30. The Hall–Kier alpha value is -4.20. The molecule has 2 aromatic carbocycles. The molecule has 0 bridgehead atoms. The van der Waals surface area contributed by atoms with Gasteiger partial charge in [-0.15, -0.1) is 0 Å². The Morgan fingerprint density at radius 1 is 0.935 bits per heavy atom. The molecule has 8 heteroatoms. The summed E-state index contributed by atoms with van der Waals surface area (Å²) >= 11 is 0. The first-order valence-electron chi connectivity index (χ1n) is 9.30. The van der Waals surface area contributed by atoms with E-state index in [2.05, 4.69) is 15.5 Å². The molecule has 1 N–H and O–H groups in total. The molecule has 0 atom stereocenters. The van der Waals surface area contributed by atoms with E-state index >= 15 is 0 Å². The van der Waals surface area contributed by atoms with E-state index in [1.165, 1.54) is 19.5 Å². The summed E-state index contributed by atoms with van der Waals surface area (Å²) in [5, 5.41) is 3.94. The summed E-state index contributed by atoms with van der Waals surface area (Å²) in [6.07, 6.45) is 2.94. The number of methoxy groups -OCH3 is 2. The van der Waals surface area contributed by atoms with Crippen LogP contribution in [0.25, 0.3) is 0 Å². The number of hydrogen-bond donors (Lipinski definition) is 1. The number of carbonyl (C=O) groups is 2. The molecule has 3 rings (SSSR count). The lowest BCUT2D eigenvalue weighted by Gasteiger charge is -2.10. The van der Waals surface area contributed by atoms with Crippen molar-refractivity contribution in [3.8, 4) is 17.2 Å². The minimum Gasteiger partial charge on any atom is -0.497 e. The Bertz CT molecular complexity index is 1090. The molecule has 0 spiro atoms. The van der Waals surface area contributed by atoms with Gasteiger partial charge in [0.25, 0.3) is 5.91 Å². The van der Waals surface area contributed by atoms with Gasteiger partial charge in [-0.25, -0.2) is 10.2 Å². The fraction of sp³-hybridized carbons (Fsp3) is 0.130. The third-order valence-electron chi connectivity index (χ3n) is 4.27. The summed E-state index contributed by atoms with van der Waals surface area (Å²) in [6, 6.07) is 14.9. The van der Waals surface area contributed by atoms with E-state index < -0.39 is 5.97 Å². The molecule has 0 aliphatic carbocycles. The minimum atomic E-state index is -0.527. The minimum absolute atomic E-state index is 0.259. The Morgan fingerprint density at radius 2 is 1.68 bits per heavy atom. The van der Waals surface area contributed by atoms with Gasteiger partial charge in [0.05, 0.1) is 31.6 Å². The Labute approximate surface area is 179 Å². The van der Waals surface area contributed by atoms with E-state index in [0.29, 0.717) is 28.2 Å². The fourth-order valence-corrected chi connectivity index (χ4v) is 2.57. The molecule has 31 heavy (non-hydrogen) atoms. The Kier molecular flexibility index (Phi) is 6.95. The van der Waals surface area contributed by atoms with Crippen LogP contribution in [0.1, 0.15) is 32.0 Å². The number of hydrogen-bond acceptors (Lipinski definition) is 7. The van der Waals surface area contributed by atoms with Crippen LogP contribution in [-0.2, 0) is 0 Å². The molecule has 0 fully saturated rings. The quantitative estimate of drug-likeness (QED) is 0.273. The molecule has 1 aromatic heterocycles. The number of nitrogens with one attached hydrogen (secondary N) is 1. The first kappa shape index (κ1) is 21.5. The van der Waals surface area contributed by atoms with Gasteiger partial charge < -0.3 is 14.2 Å². The van der Waals surface area contributed by atoms with Crippen LogP contribution >= 0.6 is 0 Å². The summed E-state index contributed by atoms with van der Waals surface area (Å²) in [5.74, 6) is 0.348. The summed E-state index contributed by atoms with van der Waals surface area (Å²) in [5.41, 5.74) is 4.68. The van der Waals surface area contributed by atoms with Crippen LogP contribution < -0.4 is 19.6 Å². The SMILES string of the molecule is COc1ccc(C(=O)Oc2ccc(/C=N/NC(=O)c3ccc(C)nc3)cc2OC)cc1. The second kappa shape index (κ2) is 10.0. The van der Waals surface area contributed by atoms with Crippen LogP contribution in [0.4, 0.5) is 0 Å². The largest absolute Gasteiger partial charge is 0.497 e. The number of carbonyl (C=O) groups excluding carboxylic acids is 2. The number of aromatic nitrogens is 1. The van der Waals surface area contributed by atoms with E-state index in [-0.39, 0.29) is 11.7 Å². The molecule has 0 aliphatic rings. The maximum absolute atomic E-state index is 12.4. The van der Waals surface area contributed by atoms with Crippen molar-refractivity contribution in [3.05, 3.63) is 83.2 Å². The predicted octanol–water partition coefficient (Wildman–Crippen LogP) is 3.39. The molecule has 1 amide bonds. The number of amides is 1. The standard InChI is InChI=1S/C23H21N3O5/c1-15-4-6-18(14-24-15)22(27)26-25-13-16-5-11-20(21(12-16)30-3)31-23(28)17-7-9-19(29-2)10-8-17/h4-14H,1-3H3,(H,26,27)/b25-13+. The molecular weight excluding hydrogens is 398 g/mol. The number of hydrazone groups is 1. The van der Waals surface area contributed by atoms with Crippen LogP contribution in [0.2, 0.25) is 0 Å². The molecule has 0 aliphatic heterocycles. The van der Waals surface area contributed by atoms with Gasteiger partial charge in [-0.3, -0.25) is 9.78 Å². The summed E-state index contributed by atoms with van der Waals surface area (Å²) < 4.78 is 15.8. The van der Waals surface area contributed by atoms with Crippen molar-refractivity contribution in [1.82, 2.24) is 10.4 Å². The molecule has 0 saturated carbocycles. The zero-order chi connectivity index (χ0) is 22.2. The van der Waals surface area contributed by atoms with Crippen LogP contribution in [-0.4, -0.2) is 37.3 Å². The molecule has 158 valence electrons. The maximum Gasteiger partial charge on any atom is 0.343 e. The molecule has 8 nitrogen and oxygen atoms in total. The number of nitrogens with zero attached hydrogens (tertiary/aromatic N) is 2. The van der Waals surface area contributed by atoms with Crippen molar-refractivity contribution in [2.75, 3.05) is 14.2 Å². The lowest BCUT2D eigenvalue weighted by molar-refractivity contribution is 0.0729. The number of rotatable bonds is 7. The molecule has 1 heterocycles. The van der Waals surface area contributed by atoms with Gasteiger partial charge in [0.2, 0.25) is 0 Å². The van der Waals surface area contributed by atoms with E-state index in [1.54, 1.807) is 61.7 Å². The number of esters is 1. The molecule has 0 radical (unpaired) electrons. The van der Waals surface area contributed by atoms with Crippen molar-refractivity contribution >= 4 is 18.1 Å². The zero-order valence-electron chi connectivity index (χ0n) is 17.3. The monoisotopic (exact) mass is 419 g/mol. The van der Waals surface area contributed by atoms with E-state index in [0.717, 1.165) is 5.69 Å². The number of ether oxygens (including phenoxy) is 3. The highest BCUT2D eigenvalue weighted by molar-refractivity contribution is 5.94. The molecule has 3 aromatic rings. The maximum atomic E-state index is 12.4. The second-order valence-corrected chi connectivity index (χ2v) is 6.42. The van der Waals surface area contributed by atoms with Crippen LogP contribution in [0.3, 0.4) is 0 Å². The average Bonchev–Trinajstić information content (AvgIpc) is 2.80. The third-order valence-corrected chi connectivity index (χ3v) is 4.27. The van der Waals surface area contributed by atoms with E-state index in [4.69, 9.17) is 14.2 Å². The molecule has 0 unspecified atom stereocenters. The van der Waals surface area contributed by atoms with Gasteiger partial charge >= 0.3 is 5.97 Å². The van der Waals surface area contributed by atoms with Crippen molar-refractivity contribution in [3.63, 3.8) is 0 Å². The highest BCUT2D eigenvalue weighted by Gasteiger charge is 2.13. The number of pyridine rings is 1. The highest BCUT2D eigenvalue weighted by atomic mass is 16.6. The second-order valence-electron chi connectivity index (χ2n) is 6.42. The fourth-order valence-electron chi connectivity index (χ4n) is 2.57. The number of benzene rings is 2. The smallest absolute Gasteiger partial charge is 0.343 e. The first-order chi connectivity index (χ1) is 15.0. The van der Waals surface area contributed by atoms with Crippen LogP contribution in [0, 0.1) is 6.92 Å². The van der Waals surface area contributed by atoms with Crippen LogP contribution in [0.5, 0.6) is 17.2 Å². The summed E-state index contributed by atoms with van der Waals surface area (Å²) in [7, 11) is 3.02. The zero-order valence-corrected chi connectivity index (χ0v) is 17.3. The summed E-state index contributed by atoms with van der Waals surface area (Å²) in [6.45, 7) is 1.84. The van der Waals surface area contributed by atoms with Gasteiger partial charge in [0, 0.05) is 11.9 Å². The van der Waals surface area contributed by atoms with Crippen LogP contribution in [0.15, 0.2) is 65.9 Å². The van der Waals surface area contributed by atoms with Gasteiger partial charge in [-0.05, 0) is 67.1 Å². The highest BCUT2D eigenvalue weighted by Crippen LogP contribution is 2.28. The Morgan fingerprint density at radius 3 is 2.32 bits per heavy atom.